The Kier molecular flexibility index (Phi) is 7.29. The minimum Gasteiger partial charge on any atom is -0.490 e. The zero-order valence-corrected chi connectivity index (χ0v) is 17.2. The molecule has 7 nitrogen and oxygen atoms in total. The van der Waals surface area contributed by atoms with E-state index < -0.39 is 0 Å². The van der Waals surface area contributed by atoms with E-state index in [1.165, 1.54) is 11.3 Å². The van der Waals surface area contributed by atoms with Crippen LogP contribution < -0.4 is 25.4 Å². The van der Waals surface area contributed by atoms with Gasteiger partial charge in [0.1, 0.15) is 18.2 Å². The van der Waals surface area contributed by atoms with Crippen molar-refractivity contribution in [3.63, 3.8) is 0 Å². The Bertz CT molecular complexity index is 941. The van der Waals surface area contributed by atoms with E-state index in [9.17, 15) is 0 Å². The maximum Gasteiger partial charge on any atom is 0.205 e. The summed E-state index contributed by atoms with van der Waals surface area (Å²) in [6, 6.07) is 13.5. The fraction of sp³-hybridized carbons (Fsp3) is 0.238. The first-order valence-corrected chi connectivity index (χ1v) is 10.2. The summed E-state index contributed by atoms with van der Waals surface area (Å²) in [5.74, 6) is 2.73. The van der Waals surface area contributed by atoms with Crippen LogP contribution in [0.1, 0.15) is 25.0 Å². The van der Waals surface area contributed by atoms with E-state index in [-0.39, 0.29) is 0 Å². The number of nitrogens with two attached hydrogens (primary N) is 1. The first-order valence-electron chi connectivity index (χ1n) is 9.29. The van der Waals surface area contributed by atoms with Crippen molar-refractivity contribution in [3.8, 4) is 17.2 Å². The van der Waals surface area contributed by atoms with Crippen LogP contribution in [0.3, 0.4) is 0 Å². The van der Waals surface area contributed by atoms with E-state index >= 15 is 0 Å². The third kappa shape index (κ3) is 6.11. The van der Waals surface area contributed by atoms with Gasteiger partial charge in [-0.3, -0.25) is 5.43 Å². The van der Waals surface area contributed by atoms with Crippen LogP contribution >= 0.6 is 11.3 Å². The predicted octanol–water partition coefficient (Wildman–Crippen LogP) is 4.55. The highest BCUT2D eigenvalue weighted by atomic mass is 32.1. The van der Waals surface area contributed by atoms with E-state index in [2.05, 4.69) is 15.5 Å². The number of aromatic nitrogens is 1. The molecule has 0 unspecified atom stereocenters. The molecule has 3 rings (SSSR count). The van der Waals surface area contributed by atoms with Crippen LogP contribution in [0.4, 0.5) is 10.9 Å². The molecular weight excluding hydrogens is 388 g/mol. The van der Waals surface area contributed by atoms with Gasteiger partial charge in [-0.2, -0.15) is 5.10 Å². The van der Waals surface area contributed by atoms with Crippen LogP contribution in [0, 0.1) is 0 Å². The fourth-order valence-corrected chi connectivity index (χ4v) is 3.05. The average Bonchev–Trinajstić information content (AvgIpc) is 3.14. The molecule has 1 heterocycles. The second kappa shape index (κ2) is 10.3. The third-order valence-corrected chi connectivity index (χ3v) is 4.55. The van der Waals surface area contributed by atoms with Gasteiger partial charge in [0, 0.05) is 5.38 Å². The summed E-state index contributed by atoms with van der Waals surface area (Å²) >= 11 is 1.40. The smallest absolute Gasteiger partial charge is 0.205 e. The maximum absolute atomic E-state index is 5.88. The van der Waals surface area contributed by atoms with Gasteiger partial charge in [0.15, 0.2) is 11.5 Å². The van der Waals surface area contributed by atoms with Gasteiger partial charge in [-0.15, -0.1) is 11.3 Å². The number of anilines is 2. The van der Waals surface area contributed by atoms with Gasteiger partial charge in [-0.25, -0.2) is 4.98 Å². The largest absolute Gasteiger partial charge is 0.490 e. The molecule has 2 aromatic carbocycles. The molecule has 0 fully saturated rings. The molecule has 152 valence electrons. The third-order valence-electron chi connectivity index (χ3n) is 3.79. The Morgan fingerprint density at radius 3 is 2.48 bits per heavy atom. The maximum atomic E-state index is 5.88. The normalized spacial score (nSPS) is 10.8. The molecule has 0 radical (unpaired) electrons. The van der Waals surface area contributed by atoms with E-state index in [4.69, 9.17) is 19.9 Å². The molecule has 0 amide bonds. The highest BCUT2D eigenvalue weighted by Crippen LogP contribution is 2.29. The van der Waals surface area contributed by atoms with Crippen LogP contribution in [0.25, 0.3) is 0 Å². The molecular formula is C21H24N4O3S. The van der Waals surface area contributed by atoms with Crippen molar-refractivity contribution in [1.29, 1.82) is 0 Å². The topological polar surface area (TPSA) is 91.0 Å². The predicted molar refractivity (Wildman–Crippen MR) is 117 cm³/mol. The molecule has 0 aliphatic heterocycles. The molecule has 8 heteroatoms. The van der Waals surface area contributed by atoms with Crippen molar-refractivity contribution < 1.29 is 14.2 Å². The number of nitrogens with zero attached hydrogens (tertiary/aromatic N) is 2. The fourth-order valence-electron chi connectivity index (χ4n) is 2.50. The van der Waals surface area contributed by atoms with Crippen LogP contribution in [-0.4, -0.2) is 24.4 Å². The summed E-state index contributed by atoms with van der Waals surface area (Å²) in [6.07, 6.45) is 1.71. The summed E-state index contributed by atoms with van der Waals surface area (Å²) < 4.78 is 17.1. The van der Waals surface area contributed by atoms with E-state index in [1.807, 2.05) is 56.3 Å². The van der Waals surface area contributed by atoms with Crippen LogP contribution in [0.5, 0.6) is 17.2 Å². The second-order valence-electron chi connectivity index (χ2n) is 5.95. The SMILES string of the molecule is CCOc1ccc(COc2ccc(C=NNc3nc(N)cs3)cc2)cc1OCC. The van der Waals surface area contributed by atoms with Crippen LogP contribution in [0.2, 0.25) is 0 Å². The summed E-state index contributed by atoms with van der Waals surface area (Å²) in [5.41, 5.74) is 10.4. The molecule has 29 heavy (non-hydrogen) atoms. The van der Waals surface area contributed by atoms with E-state index in [0.717, 1.165) is 28.4 Å². The number of nitrogen functional groups attached to an aromatic ring is 1. The van der Waals surface area contributed by atoms with Crippen LogP contribution in [0.15, 0.2) is 52.9 Å². The number of hydrogen-bond acceptors (Lipinski definition) is 8. The zero-order valence-electron chi connectivity index (χ0n) is 16.4. The standard InChI is InChI=1S/C21H24N4O3S/c1-3-26-18-10-7-16(11-19(18)27-4-2)13-28-17-8-5-15(6-9-17)12-23-25-21-24-20(22)14-29-21/h5-12,14H,3-4,13,22H2,1-2H3,(H,24,25). The molecule has 0 aliphatic carbocycles. The summed E-state index contributed by atoms with van der Waals surface area (Å²) in [4.78, 5) is 4.08. The number of nitrogens with one attached hydrogen (secondary N) is 1. The number of rotatable bonds is 10. The molecule has 0 spiro atoms. The van der Waals surface area contributed by atoms with Gasteiger partial charge in [-0.05, 0) is 61.4 Å². The lowest BCUT2D eigenvalue weighted by atomic mass is 10.2. The Hall–Kier alpha value is -3.26. The minimum atomic E-state index is 0.437. The van der Waals surface area contributed by atoms with Gasteiger partial charge in [0.2, 0.25) is 5.13 Å². The van der Waals surface area contributed by atoms with Crippen molar-refractivity contribution >= 4 is 28.5 Å². The Balaban J connectivity index is 1.55. The number of hydrogen-bond donors (Lipinski definition) is 2. The monoisotopic (exact) mass is 412 g/mol. The van der Waals surface area contributed by atoms with Crippen molar-refractivity contribution in [3.05, 3.63) is 59.0 Å². The Labute approximate surface area is 174 Å². The van der Waals surface area contributed by atoms with Gasteiger partial charge in [0.05, 0.1) is 19.4 Å². The van der Waals surface area contributed by atoms with E-state index in [1.54, 1.807) is 11.6 Å². The molecule has 0 saturated carbocycles. The van der Waals surface area contributed by atoms with Gasteiger partial charge < -0.3 is 19.9 Å². The van der Waals surface area contributed by atoms with E-state index in [0.29, 0.717) is 30.8 Å². The number of thiazole rings is 1. The molecule has 0 aliphatic rings. The molecule has 3 aromatic rings. The average molecular weight is 413 g/mol. The Morgan fingerprint density at radius 1 is 1.03 bits per heavy atom. The lowest BCUT2D eigenvalue weighted by Gasteiger charge is -2.13. The van der Waals surface area contributed by atoms with Crippen molar-refractivity contribution in [2.45, 2.75) is 20.5 Å². The van der Waals surface area contributed by atoms with Gasteiger partial charge >= 0.3 is 0 Å². The molecule has 0 saturated heterocycles. The summed E-state index contributed by atoms with van der Waals surface area (Å²) in [5, 5.41) is 6.56. The molecule has 1 aromatic heterocycles. The minimum absolute atomic E-state index is 0.437. The Morgan fingerprint density at radius 2 is 1.79 bits per heavy atom. The number of benzene rings is 2. The first kappa shape index (κ1) is 20.5. The highest BCUT2D eigenvalue weighted by Gasteiger charge is 2.07. The summed E-state index contributed by atoms with van der Waals surface area (Å²) in [7, 11) is 0. The molecule has 3 N–H and O–H groups in total. The molecule has 0 bridgehead atoms. The van der Waals surface area contributed by atoms with Gasteiger partial charge in [0.25, 0.3) is 0 Å². The van der Waals surface area contributed by atoms with Crippen LogP contribution in [-0.2, 0) is 6.61 Å². The molecule has 0 atom stereocenters. The first-order chi connectivity index (χ1) is 14.2. The number of hydrazone groups is 1. The van der Waals surface area contributed by atoms with Crippen molar-refractivity contribution in [1.82, 2.24) is 4.98 Å². The lowest BCUT2D eigenvalue weighted by molar-refractivity contribution is 0.283. The van der Waals surface area contributed by atoms with Crippen molar-refractivity contribution in [2.75, 3.05) is 24.4 Å². The lowest BCUT2D eigenvalue weighted by Crippen LogP contribution is -2.01. The summed E-state index contributed by atoms with van der Waals surface area (Å²) in [6.45, 7) is 5.52. The van der Waals surface area contributed by atoms with Crippen molar-refractivity contribution in [2.24, 2.45) is 5.10 Å². The zero-order chi connectivity index (χ0) is 20.5. The van der Waals surface area contributed by atoms with Gasteiger partial charge in [-0.1, -0.05) is 6.07 Å². The highest BCUT2D eigenvalue weighted by molar-refractivity contribution is 7.14. The number of ether oxygens (including phenoxy) is 3. The second-order valence-corrected chi connectivity index (χ2v) is 6.81. The quantitative estimate of drug-likeness (QED) is 0.375.